The minimum atomic E-state index is -4.51. The van der Waals surface area contributed by atoms with Gasteiger partial charge >= 0.3 is 6.18 Å². The number of carbonyl (C=O) groups is 1. The summed E-state index contributed by atoms with van der Waals surface area (Å²) in [5.74, 6) is -0.859. The first-order valence-corrected chi connectivity index (χ1v) is 6.63. The summed E-state index contributed by atoms with van der Waals surface area (Å²) in [7, 11) is 1.47. The molecule has 132 valence electrons. The number of alkyl halides is 3. The lowest BCUT2D eigenvalue weighted by molar-refractivity contribution is -0.137. The zero-order valence-corrected chi connectivity index (χ0v) is 13.6. The highest BCUT2D eigenvalue weighted by molar-refractivity contribution is 5.94. The second-order valence-electron chi connectivity index (χ2n) is 4.68. The Labute approximate surface area is 138 Å². The van der Waals surface area contributed by atoms with Crippen LogP contribution >= 0.6 is 12.4 Å². The maximum Gasteiger partial charge on any atom is 0.416 e. The highest BCUT2D eigenvalue weighted by atomic mass is 35.5. The third-order valence-electron chi connectivity index (χ3n) is 2.91. The molecule has 0 aromatic heterocycles. The van der Waals surface area contributed by atoms with Crippen LogP contribution in [-0.2, 0) is 15.7 Å². The number of methoxy groups -OCH3 is 1. The maximum atomic E-state index is 12.8. The molecule has 1 aromatic carbocycles. The summed E-state index contributed by atoms with van der Waals surface area (Å²) in [5, 5.41) is 2.42. The van der Waals surface area contributed by atoms with Crippen molar-refractivity contribution in [3.63, 3.8) is 0 Å². The van der Waals surface area contributed by atoms with Crippen molar-refractivity contribution in [2.75, 3.05) is 32.2 Å². The van der Waals surface area contributed by atoms with Crippen molar-refractivity contribution in [2.45, 2.75) is 13.1 Å². The summed E-state index contributed by atoms with van der Waals surface area (Å²) in [4.78, 5) is 11.8. The maximum absolute atomic E-state index is 12.8. The number of hydrogen-bond acceptors (Lipinski definition) is 4. The average molecular weight is 357 g/mol. The quantitative estimate of drug-likeness (QED) is 0.737. The van der Waals surface area contributed by atoms with E-state index < -0.39 is 23.6 Å². The minimum absolute atomic E-state index is 0. The third kappa shape index (κ3) is 6.64. The van der Waals surface area contributed by atoms with E-state index in [1.807, 2.05) is 0 Å². The Morgan fingerprint density at radius 1 is 1.35 bits per heavy atom. The second-order valence-corrected chi connectivity index (χ2v) is 4.68. The van der Waals surface area contributed by atoms with Crippen LogP contribution in [0.2, 0.25) is 0 Å². The lowest BCUT2D eigenvalue weighted by Crippen LogP contribution is -2.27. The van der Waals surface area contributed by atoms with Crippen molar-refractivity contribution in [3.05, 3.63) is 23.8 Å². The largest absolute Gasteiger partial charge is 0.489 e. The van der Waals surface area contributed by atoms with E-state index in [-0.39, 0.29) is 43.6 Å². The molecule has 0 aliphatic carbocycles. The normalized spacial score (nSPS) is 12.3. The van der Waals surface area contributed by atoms with Crippen LogP contribution < -0.4 is 15.8 Å². The van der Waals surface area contributed by atoms with Crippen LogP contribution in [0.25, 0.3) is 0 Å². The molecule has 0 aliphatic rings. The van der Waals surface area contributed by atoms with Gasteiger partial charge in [0.1, 0.15) is 12.4 Å². The first-order valence-electron chi connectivity index (χ1n) is 6.63. The second kappa shape index (κ2) is 9.59. The number of hydrogen-bond donors (Lipinski definition) is 2. The Hall–Kier alpha value is -1.51. The van der Waals surface area contributed by atoms with E-state index in [2.05, 4.69) is 5.32 Å². The van der Waals surface area contributed by atoms with Gasteiger partial charge in [-0.3, -0.25) is 4.79 Å². The topological polar surface area (TPSA) is 73.6 Å². The van der Waals surface area contributed by atoms with E-state index >= 15 is 0 Å². The van der Waals surface area contributed by atoms with Gasteiger partial charge in [-0.2, -0.15) is 13.2 Å². The van der Waals surface area contributed by atoms with Gasteiger partial charge in [0.25, 0.3) is 0 Å². The molecule has 1 unspecified atom stereocenters. The van der Waals surface area contributed by atoms with E-state index in [1.165, 1.54) is 13.2 Å². The molecule has 5 nitrogen and oxygen atoms in total. The first kappa shape index (κ1) is 21.5. The van der Waals surface area contributed by atoms with Crippen molar-refractivity contribution in [1.29, 1.82) is 0 Å². The molecule has 1 rings (SSSR count). The fraction of sp³-hybridized carbons (Fsp3) is 0.500. The van der Waals surface area contributed by atoms with E-state index in [0.717, 1.165) is 12.1 Å². The molecule has 0 saturated carbocycles. The van der Waals surface area contributed by atoms with E-state index in [4.69, 9.17) is 15.2 Å². The molecule has 0 radical (unpaired) electrons. The number of ether oxygens (including phenoxy) is 2. The zero-order chi connectivity index (χ0) is 16.8. The molecule has 0 heterocycles. The Morgan fingerprint density at radius 3 is 2.52 bits per heavy atom. The van der Waals surface area contributed by atoms with Gasteiger partial charge in [-0.05, 0) is 18.2 Å². The Kier molecular flexibility index (Phi) is 8.96. The number of benzene rings is 1. The molecule has 0 fully saturated rings. The molecule has 0 bridgehead atoms. The van der Waals surface area contributed by atoms with Crippen LogP contribution in [0.15, 0.2) is 18.2 Å². The fourth-order valence-corrected chi connectivity index (χ4v) is 1.53. The fourth-order valence-electron chi connectivity index (χ4n) is 1.53. The van der Waals surface area contributed by atoms with Gasteiger partial charge in [0.2, 0.25) is 5.91 Å². The molecule has 0 saturated heterocycles. The molecule has 0 spiro atoms. The van der Waals surface area contributed by atoms with Gasteiger partial charge in [0.15, 0.2) is 0 Å². The molecule has 9 heteroatoms. The number of anilines is 1. The van der Waals surface area contributed by atoms with E-state index in [1.54, 1.807) is 6.92 Å². The Bertz CT molecular complexity index is 513. The van der Waals surface area contributed by atoms with Gasteiger partial charge in [-0.25, -0.2) is 0 Å². The molecule has 23 heavy (non-hydrogen) atoms. The molecule has 1 atom stereocenters. The molecule has 1 aromatic rings. The summed E-state index contributed by atoms with van der Waals surface area (Å²) in [6, 6.07) is 2.90. The van der Waals surface area contributed by atoms with Crippen molar-refractivity contribution >= 4 is 24.0 Å². The number of nitrogens with two attached hydrogens (primary N) is 1. The molecule has 0 aliphatic heterocycles. The molecule has 1 amide bonds. The third-order valence-corrected chi connectivity index (χ3v) is 2.91. The van der Waals surface area contributed by atoms with E-state index in [0.29, 0.717) is 0 Å². The highest BCUT2D eigenvalue weighted by Gasteiger charge is 2.31. The van der Waals surface area contributed by atoms with Crippen LogP contribution in [0.3, 0.4) is 0 Å². The van der Waals surface area contributed by atoms with Crippen LogP contribution in [0, 0.1) is 5.92 Å². The summed E-state index contributed by atoms with van der Waals surface area (Å²) in [6.07, 6.45) is -4.51. The van der Waals surface area contributed by atoms with Gasteiger partial charge in [0, 0.05) is 19.6 Å². The van der Waals surface area contributed by atoms with Gasteiger partial charge in [0.05, 0.1) is 17.9 Å². The Morgan fingerprint density at radius 2 is 2.00 bits per heavy atom. The van der Waals surface area contributed by atoms with Crippen LogP contribution in [0.1, 0.15) is 12.5 Å². The SMILES string of the molecule is COCCOc1ccc(C(F)(F)F)cc1NC(=O)C(C)CN.Cl. The number of amides is 1. The molecule has 3 N–H and O–H groups in total. The lowest BCUT2D eigenvalue weighted by atomic mass is 10.1. The van der Waals surface area contributed by atoms with Gasteiger partial charge < -0.3 is 20.5 Å². The predicted molar refractivity (Wildman–Crippen MR) is 82.9 cm³/mol. The van der Waals surface area contributed by atoms with Crippen molar-refractivity contribution in [1.82, 2.24) is 0 Å². The molecular weight excluding hydrogens is 337 g/mol. The van der Waals surface area contributed by atoms with Crippen LogP contribution in [0.4, 0.5) is 18.9 Å². The summed E-state index contributed by atoms with van der Waals surface area (Å²) >= 11 is 0. The number of carbonyl (C=O) groups excluding carboxylic acids is 1. The zero-order valence-electron chi connectivity index (χ0n) is 12.8. The summed E-state index contributed by atoms with van der Waals surface area (Å²) < 4.78 is 48.5. The molecular formula is C14H20ClF3N2O3. The van der Waals surface area contributed by atoms with Crippen molar-refractivity contribution in [3.8, 4) is 5.75 Å². The number of rotatable bonds is 7. The first-order chi connectivity index (χ1) is 10.3. The smallest absolute Gasteiger partial charge is 0.416 e. The van der Waals surface area contributed by atoms with E-state index in [9.17, 15) is 18.0 Å². The van der Waals surface area contributed by atoms with Crippen molar-refractivity contribution in [2.24, 2.45) is 11.7 Å². The minimum Gasteiger partial charge on any atom is -0.489 e. The van der Waals surface area contributed by atoms with Crippen molar-refractivity contribution < 1.29 is 27.4 Å². The van der Waals surface area contributed by atoms with Gasteiger partial charge in [-0.1, -0.05) is 6.92 Å². The highest BCUT2D eigenvalue weighted by Crippen LogP contribution is 2.35. The average Bonchev–Trinajstić information content (AvgIpc) is 2.46. The monoisotopic (exact) mass is 356 g/mol. The Balaban J connectivity index is 0.00000484. The van der Waals surface area contributed by atoms with Gasteiger partial charge in [-0.15, -0.1) is 12.4 Å². The lowest BCUT2D eigenvalue weighted by Gasteiger charge is -2.16. The summed E-state index contributed by atoms with van der Waals surface area (Å²) in [5.41, 5.74) is 4.46. The van der Waals surface area contributed by atoms with Crippen LogP contribution in [-0.4, -0.2) is 32.8 Å². The van der Waals surface area contributed by atoms with Crippen LogP contribution in [0.5, 0.6) is 5.75 Å². The predicted octanol–water partition coefficient (Wildman–Crippen LogP) is 2.69. The number of nitrogens with one attached hydrogen (secondary N) is 1. The standard InChI is InChI=1S/C14H19F3N2O3.ClH/c1-9(8-18)13(20)19-11-7-10(14(15,16)17)3-4-12(11)22-6-5-21-2;/h3-4,7,9H,5-6,8,18H2,1-2H3,(H,19,20);1H. The summed E-state index contributed by atoms with van der Waals surface area (Å²) in [6.45, 7) is 2.09. The number of halogens is 4.